The monoisotopic (exact) mass is 283 g/mol. The highest BCUT2D eigenvalue weighted by molar-refractivity contribution is 7.99. The van der Waals surface area contributed by atoms with Crippen LogP contribution in [-0.4, -0.2) is 21.8 Å². The first kappa shape index (κ1) is 16.2. The molecule has 5 heteroatoms. The lowest BCUT2D eigenvalue weighted by molar-refractivity contribution is 0.547. The molecule has 0 aromatic carbocycles. The van der Waals surface area contributed by atoms with Crippen molar-refractivity contribution in [2.45, 2.75) is 51.7 Å². The van der Waals surface area contributed by atoms with E-state index in [1.165, 1.54) is 0 Å². The number of nitrogens with zero attached hydrogens (tertiary/aromatic N) is 1. The lowest BCUT2D eigenvalue weighted by Gasteiger charge is -2.09. The fourth-order valence-electron chi connectivity index (χ4n) is 1.55. The predicted molar refractivity (Wildman–Crippen MR) is 82.5 cm³/mol. The normalized spacial score (nSPS) is 12.9. The largest absolute Gasteiger partial charge is 0.311 e. The van der Waals surface area contributed by atoms with E-state index in [1.54, 1.807) is 6.07 Å². The second-order valence-electron chi connectivity index (χ2n) is 5.24. The van der Waals surface area contributed by atoms with Gasteiger partial charge in [-0.15, -0.1) is 0 Å². The summed E-state index contributed by atoms with van der Waals surface area (Å²) in [6, 6.07) is 1.57. The van der Waals surface area contributed by atoms with E-state index in [4.69, 9.17) is 0 Å². The van der Waals surface area contributed by atoms with Gasteiger partial charge in [0.15, 0.2) is 0 Å². The van der Waals surface area contributed by atoms with Crippen LogP contribution in [0.1, 0.15) is 45.6 Å². The molecule has 0 aliphatic heterocycles. The fraction of sp³-hybridized carbons (Fsp3) is 0.714. The molecule has 0 aliphatic carbocycles. The standard InChI is InChI=1S/C14H25N3OS/c1-5-11(4)19-9-13-16-12(6-14(18)17-13)8-15-7-10(2)3/h6,10-11,15H,5,7-9H2,1-4H3,(H,16,17,18). The molecule has 1 heterocycles. The van der Waals surface area contributed by atoms with Crippen LogP contribution >= 0.6 is 11.8 Å². The zero-order valence-corrected chi connectivity index (χ0v) is 13.1. The van der Waals surface area contributed by atoms with Gasteiger partial charge in [0.1, 0.15) is 5.82 Å². The molecule has 1 aromatic rings. The highest BCUT2D eigenvalue weighted by atomic mass is 32.2. The van der Waals surface area contributed by atoms with E-state index in [-0.39, 0.29) is 5.56 Å². The number of nitrogens with one attached hydrogen (secondary N) is 2. The topological polar surface area (TPSA) is 57.8 Å². The Bertz CT molecular complexity index is 431. The van der Waals surface area contributed by atoms with Gasteiger partial charge in [-0.1, -0.05) is 27.7 Å². The number of H-pyrrole nitrogens is 1. The Morgan fingerprint density at radius 2 is 2.16 bits per heavy atom. The Balaban J connectivity index is 2.58. The second kappa shape index (κ2) is 8.38. The van der Waals surface area contributed by atoms with Crippen molar-refractivity contribution in [1.29, 1.82) is 0 Å². The molecule has 19 heavy (non-hydrogen) atoms. The van der Waals surface area contributed by atoms with Crippen molar-refractivity contribution in [2.24, 2.45) is 5.92 Å². The van der Waals surface area contributed by atoms with Crippen LogP contribution in [0.5, 0.6) is 0 Å². The minimum atomic E-state index is -0.0592. The smallest absolute Gasteiger partial charge is 0.251 e. The molecule has 0 saturated carbocycles. The highest BCUT2D eigenvalue weighted by Gasteiger charge is 2.05. The molecule has 0 spiro atoms. The fourth-order valence-corrected chi connectivity index (χ4v) is 2.36. The molecule has 0 radical (unpaired) electrons. The minimum Gasteiger partial charge on any atom is -0.311 e. The van der Waals surface area contributed by atoms with Crippen LogP contribution in [-0.2, 0) is 12.3 Å². The summed E-state index contributed by atoms with van der Waals surface area (Å²) in [5, 5.41) is 3.90. The van der Waals surface area contributed by atoms with Crippen molar-refractivity contribution in [3.63, 3.8) is 0 Å². The molecule has 1 unspecified atom stereocenters. The van der Waals surface area contributed by atoms with Crippen molar-refractivity contribution in [1.82, 2.24) is 15.3 Å². The van der Waals surface area contributed by atoms with Crippen LogP contribution in [0.3, 0.4) is 0 Å². The number of rotatable bonds is 8. The van der Waals surface area contributed by atoms with E-state index in [1.807, 2.05) is 11.8 Å². The van der Waals surface area contributed by atoms with Crippen LogP contribution in [0.15, 0.2) is 10.9 Å². The van der Waals surface area contributed by atoms with Gasteiger partial charge >= 0.3 is 0 Å². The zero-order chi connectivity index (χ0) is 14.3. The summed E-state index contributed by atoms with van der Waals surface area (Å²) >= 11 is 1.82. The highest BCUT2D eigenvalue weighted by Crippen LogP contribution is 2.17. The molecule has 1 rings (SSSR count). The third-order valence-electron chi connectivity index (χ3n) is 2.78. The lowest BCUT2D eigenvalue weighted by Crippen LogP contribution is -2.22. The summed E-state index contributed by atoms with van der Waals surface area (Å²) in [5.41, 5.74) is 0.764. The molecule has 0 aliphatic rings. The Hall–Kier alpha value is -0.810. The quantitative estimate of drug-likeness (QED) is 0.770. The summed E-state index contributed by atoms with van der Waals surface area (Å²) in [4.78, 5) is 18.9. The van der Waals surface area contributed by atoms with E-state index in [2.05, 4.69) is 43.0 Å². The summed E-state index contributed by atoms with van der Waals surface area (Å²) in [6.45, 7) is 10.3. The Labute approximate surface area is 119 Å². The lowest BCUT2D eigenvalue weighted by atomic mass is 10.2. The molecule has 2 N–H and O–H groups in total. The molecule has 0 amide bonds. The maximum Gasteiger partial charge on any atom is 0.251 e. The first-order valence-electron chi connectivity index (χ1n) is 6.92. The molecular formula is C14H25N3OS. The zero-order valence-electron chi connectivity index (χ0n) is 12.3. The first-order chi connectivity index (χ1) is 9.01. The van der Waals surface area contributed by atoms with Crippen LogP contribution in [0.25, 0.3) is 0 Å². The number of hydrogen-bond donors (Lipinski definition) is 2. The van der Waals surface area contributed by atoms with E-state index >= 15 is 0 Å². The maximum atomic E-state index is 11.6. The van der Waals surface area contributed by atoms with Gasteiger partial charge in [0.2, 0.25) is 0 Å². The molecule has 4 nitrogen and oxygen atoms in total. The van der Waals surface area contributed by atoms with Gasteiger partial charge in [-0.2, -0.15) is 11.8 Å². The van der Waals surface area contributed by atoms with E-state index < -0.39 is 0 Å². The minimum absolute atomic E-state index is 0.0592. The Morgan fingerprint density at radius 3 is 2.79 bits per heavy atom. The maximum absolute atomic E-state index is 11.6. The van der Waals surface area contributed by atoms with Crippen molar-refractivity contribution in [3.8, 4) is 0 Å². The summed E-state index contributed by atoms with van der Waals surface area (Å²) < 4.78 is 0. The first-order valence-corrected chi connectivity index (χ1v) is 7.97. The summed E-state index contributed by atoms with van der Waals surface area (Å²) in [6.07, 6.45) is 1.13. The summed E-state index contributed by atoms with van der Waals surface area (Å²) in [5.74, 6) is 2.14. The number of aromatic amines is 1. The van der Waals surface area contributed by atoms with Crippen LogP contribution in [0.2, 0.25) is 0 Å². The van der Waals surface area contributed by atoms with Crippen molar-refractivity contribution in [2.75, 3.05) is 6.54 Å². The predicted octanol–water partition coefficient (Wildman–Crippen LogP) is 2.55. The molecule has 0 bridgehead atoms. The molecule has 0 fully saturated rings. The third-order valence-corrected chi connectivity index (χ3v) is 4.12. The Morgan fingerprint density at radius 1 is 1.42 bits per heavy atom. The molecule has 108 valence electrons. The second-order valence-corrected chi connectivity index (χ2v) is 6.66. The third kappa shape index (κ3) is 6.78. The van der Waals surface area contributed by atoms with Crippen LogP contribution in [0.4, 0.5) is 0 Å². The van der Waals surface area contributed by atoms with Gasteiger partial charge in [-0.25, -0.2) is 4.98 Å². The Kier molecular flexibility index (Phi) is 7.16. The molecular weight excluding hydrogens is 258 g/mol. The molecule has 1 aromatic heterocycles. The number of hydrogen-bond acceptors (Lipinski definition) is 4. The SMILES string of the molecule is CCC(C)SCc1nc(CNCC(C)C)cc(=O)[nH]1. The van der Waals surface area contributed by atoms with Gasteiger partial charge < -0.3 is 10.3 Å². The van der Waals surface area contributed by atoms with Gasteiger partial charge in [0.25, 0.3) is 5.56 Å². The van der Waals surface area contributed by atoms with Gasteiger partial charge in [0.05, 0.1) is 11.4 Å². The average molecular weight is 283 g/mol. The average Bonchev–Trinajstić information content (AvgIpc) is 2.35. The molecule has 1 atom stereocenters. The van der Waals surface area contributed by atoms with Crippen molar-refractivity contribution < 1.29 is 0 Å². The van der Waals surface area contributed by atoms with Gasteiger partial charge in [-0.3, -0.25) is 4.79 Å². The molecule has 0 saturated heterocycles. The van der Waals surface area contributed by atoms with E-state index in [9.17, 15) is 4.79 Å². The van der Waals surface area contributed by atoms with Crippen molar-refractivity contribution in [3.05, 3.63) is 27.9 Å². The van der Waals surface area contributed by atoms with Crippen molar-refractivity contribution >= 4 is 11.8 Å². The number of aromatic nitrogens is 2. The van der Waals surface area contributed by atoms with Gasteiger partial charge in [-0.05, 0) is 18.9 Å². The van der Waals surface area contributed by atoms with E-state index in [0.29, 0.717) is 17.7 Å². The van der Waals surface area contributed by atoms with Crippen LogP contribution in [0, 0.1) is 5.92 Å². The number of thioether (sulfide) groups is 1. The van der Waals surface area contributed by atoms with Gasteiger partial charge in [0, 0.05) is 17.9 Å². The van der Waals surface area contributed by atoms with E-state index in [0.717, 1.165) is 30.2 Å². The van der Waals surface area contributed by atoms with Crippen LogP contribution < -0.4 is 10.9 Å². The summed E-state index contributed by atoms with van der Waals surface area (Å²) in [7, 11) is 0.